The summed E-state index contributed by atoms with van der Waals surface area (Å²) in [6.07, 6.45) is 5.22. The third-order valence-corrected chi connectivity index (χ3v) is 4.40. The van der Waals surface area contributed by atoms with Gasteiger partial charge in [0.2, 0.25) is 0 Å². The molecule has 3 nitrogen and oxygen atoms in total. The van der Waals surface area contributed by atoms with Crippen LogP contribution in [0.5, 0.6) is 11.5 Å². The van der Waals surface area contributed by atoms with Crippen molar-refractivity contribution in [1.82, 2.24) is 5.32 Å². The number of nitrogens with one attached hydrogen (secondary N) is 1. The van der Waals surface area contributed by atoms with Crippen LogP contribution in [0.25, 0.3) is 0 Å². The van der Waals surface area contributed by atoms with E-state index in [9.17, 15) is 0 Å². The number of methoxy groups -OCH3 is 2. The molecule has 0 aliphatic heterocycles. The van der Waals surface area contributed by atoms with E-state index in [-0.39, 0.29) is 6.04 Å². The highest BCUT2D eigenvalue weighted by atomic mass is 16.5. The molecular weight excluding hydrogens is 250 g/mol. The van der Waals surface area contributed by atoms with Crippen LogP contribution in [0, 0.1) is 5.92 Å². The summed E-state index contributed by atoms with van der Waals surface area (Å²) >= 11 is 0. The van der Waals surface area contributed by atoms with Crippen LogP contribution in [0.15, 0.2) is 18.2 Å². The first-order chi connectivity index (χ1) is 9.63. The molecule has 1 aliphatic rings. The first-order valence-corrected chi connectivity index (χ1v) is 7.62. The fourth-order valence-electron chi connectivity index (χ4n) is 3.05. The molecule has 1 aliphatic carbocycles. The highest BCUT2D eigenvalue weighted by Crippen LogP contribution is 2.31. The summed E-state index contributed by atoms with van der Waals surface area (Å²) in [6, 6.07) is 6.89. The van der Waals surface area contributed by atoms with Crippen LogP contribution >= 0.6 is 0 Å². The lowest BCUT2D eigenvalue weighted by Crippen LogP contribution is -2.34. The fraction of sp³-hybridized carbons (Fsp3) is 0.647. The number of ether oxygens (including phenoxy) is 2. The average molecular weight is 277 g/mol. The van der Waals surface area contributed by atoms with Gasteiger partial charge in [-0.15, -0.1) is 0 Å². The molecule has 3 heteroatoms. The van der Waals surface area contributed by atoms with Gasteiger partial charge in [-0.05, 0) is 56.7 Å². The smallest absolute Gasteiger partial charge is 0.123 e. The third kappa shape index (κ3) is 3.66. The zero-order valence-corrected chi connectivity index (χ0v) is 13.1. The van der Waals surface area contributed by atoms with E-state index in [0.29, 0.717) is 6.04 Å². The molecule has 0 saturated heterocycles. The Hall–Kier alpha value is -1.22. The second kappa shape index (κ2) is 6.98. The first kappa shape index (κ1) is 15.2. The van der Waals surface area contributed by atoms with Crippen molar-refractivity contribution in [3.8, 4) is 11.5 Å². The maximum Gasteiger partial charge on any atom is 0.123 e. The molecule has 1 fully saturated rings. The predicted octanol–water partition coefficient (Wildman–Crippen LogP) is 3.93. The average Bonchev–Trinajstić information content (AvgIpc) is 2.48. The van der Waals surface area contributed by atoms with Crippen molar-refractivity contribution in [3.05, 3.63) is 23.8 Å². The minimum Gasteiger partial charge on any atom is -0.497 e. The molecule has 0 spiro atoms. The quantitative estimate of drug-likeness (QED) is 0.884. The standard InChI is InChI=1S/C17H27NO2/c1-12-5-7-14(8-6-12)18-13(2)16-11-15(19-3)9-10-17(16)20-4/h9-14,18H,5-8H2,1-4H3. The molecule has 1 unspecified atom stereocenters. The van der Waals surface area contributed by atoms with Crippen LogP contribution in [0.1, 0.15) is 51.1 Å². The van der Waals surface area contributed by atoms with Crippen molar-refractivity contribution < 1.29 is 9.47 Å². The van der Waals surface area contributed by atoms with Gasteiger partial charge in [0.25, 0.3) is 0 Å². The Bertz CT molecular complexity index is 425. The maximum atomic E-state index is 5.48. The lowest BCUT2D eigenvalue weighted by atomic mass is 9.87. The molecule has 1 aromatic rings. The molecule has 0 heterocycles. The largest absolute Gasteiger partial charge is 0.497 e. The van der Waals surface area contributed by atoms with Crippen molar-refractivity contribution in [2.45, 2.75) is 51.6 Å². The molecule has 20 heavy (non-hydrogen) atoms. The molecule has 1 atom stereocenters. The zero-order chi connectivity index (χ0) is 14.5. The lowest BCUT2D eigenvalue weighted by Gasteiger charge is -2.30. The van der Waals surface area contributed by atoms with Gasteiger partial charge in [-0.2, -0.15) is 0 Å². The Kier molecular flexibility index (Phi) is 5.30. The fourth-order valence-corrected chi connectivity index (χ4v) is 3.05. The molecule has 1 N–H and O–H groups in total. The summed E-state index contributed by atoms with van der Waals surface area (Å²) in [4.78, 5) is 0. The summed E-state index contributed by atoms with van der Waals surface area (Å²) < 4.78 is 10.8. The van der Waals surface area contributed by atoms with E-state index < -0.39 is 0 Å². The first-order valence-electron chi connectivity index (χ1n) is 7.62. The maximum absolute atomic E-state index is 5.48. The van der Waals surface area contributed by atoms with Gasteiger partial charge in [-0.25, -0.2) is 0 Å². The van der Waals surface area contributed by atoms with Crippen LogP contribution in [0.4, 0.5) is 0 Å². The Morgan fingerprint density at radius 2 is 1.80 bits per heavy atom. The topological polar surface area (TPSA) is 30.5 Å². The highest BCUT2D eigenvalue weighted by Gasteiger charge is 2.21. The van der Waals surface area contributed by atoms with Crippen LogP contribution in [0.2, 0.25) is 0 Å². The summed E-state index contributed by atoms with van der Waals surface area (Å²) in [7, 11) is 3.42. The van der Waals surface area contributed by atoms with Crippen molar-refractivity contribution >= 4 is 0 Å². The molecule has 0 aromatic heterocycles. The van der Waals surface area contributed by atoms with Gasteiger partial charge >= 0.3 is 0 Å². The predicted molar refractivity (Wildman–Crippen MR) is 82.5 cm³/mol. The van der Waals surface area contributed by atoms with Gasteiger partial charge in [-0.3, -0.25) is 0 Å². The van der Waals surface area contributed by atoms with Gasteiger partial charge in [-0.1, -0.05) is 6.92 Å². The Morgan fingerprint density at radius 3 is 2.40 bits per heavy atom. The molecule has 1 saturated carbocycles. The Morgan fingerprint density at radius 1 is 1.10 bits per heavy atom. The molecule has 0 bridgehead atoms. The van der Waals surface area contributed by atoms with Gasteiger partial charge in [0.15, 0.2) is 0 Å². The van der Waals surface area contributed by atoms with Crippen molar-refractivity contribution in [2.24, 2.45) is 5.92 Å². The van der Waals surface area contributed by atoms with Crippen molar-refractivity contribution in [3.63, 3.8) is 0 Å². The molecule has 0 radical (unpaired) electrons. The monoisotopic (exact) mass is 277 g/mol. The van der Waals surface area contributed by atoms with Crippen molar-refractivity contribution in [1.29, 1.82) is 0 Å². The SMILES string of the molecule is COc1ccc(OC)c(C(C)NC2CCC(C)CC2)c1. The number of rotatable bonds is 5. The van der Waals surface area contributed by atoms with E-state index in [4.69, 9.17) is 9.47 Å². The minimum atomic E-state index is 0.276. The molecular formula is C17H27NO2. The van der Waals surface area contributed by atoms with Gasteiger partial charge in [0.1, 0.15) is 11.5 Å². The molecule has 112 valence electrons. The van der Waals surface area contributed by atoms with E-state index in [0.717, 1.165) is 17.4 Å². The van der Waals surface area contributed by atoms with E-state index >= 15 is 0 Å². The van der Waals surface area contributed by atoms with Crippen LogP contribution < -0.4 is 14.8 Å². The summed E-state index contributed by atoms with van der Waals surface area (Å²) in [6.45, 7) is 4.56. The van der Waals surface area contributed by atoms with Gasteiger partial charge in [0.05, 0.1) is 14.2 Å². The van der Waals surface area contributed by atoms with Crippen LogP contribution in [-0.4, -0.2) is 20.3 Å². The van der Waals surface area contributed by atoms with E-state index in [1.54, 1.807) is 14.2 Å². The van der Waals surface area contributed by atoms with E-state index in [1.807, 2.05) is 12.1 Å². The molecule has 2 rings (SSSR count). The Labute approximate surface area is 122 Å². The summed E-state index contributed by atoms with van der Waals surface area (Å²) in [5, 5.41) is 3.75. The number of benzene rings is 1. The van der Waals surface area contributed by atoms with Crippen LogP contribution in [-0.2, 0) is 0 Å². The molecule has 0 amide bonds. The third-order valence-electron chi connectivity index (χ3n) is 4.40. The second-order valence-electron chi connectivity index (χ2n) is 5.95. The zero-order valence-electron chi connectivity index (χ0n) is 13.1. The van der Waals surface area contributed by atoms with E-state index in [2.05, 4.69) is 25.2 Å². The normalized spacial score (nSPS) is 24.2. The van der Waals surface area contributed by atoms with Crippen LogP contribution in [0.3, 0.4) is 0 Å². The number of hydrogen-bond acceptors (Lipinski definition) is 3. The van der Waals surface area contributed by atoms with E-state index in [1.165, 1.54) is 31.2 Å². The Balaban J connectivity index is 2.05. The van der Waals surface area contributed by atoms with Crippen molar-refractivity contribution in [2.75, 3.05) is 14.2 Å². The van der Waals surface area contributed by atoms with Gasteiger partial charge < -0.3 is 14.8 Å². The lowest BCUT2D eigenvalue weighted by molar-refractivity contribution is 0.289. The highest BCUT2D eigenvalue weighted by molar-refractivity contribution is 5.42. The summed E-state index contributed by atoms with van der Waals surface area (Å²) in [5.74, 6) is 2.69. The summed E-state index contributed by atoms with van der Waals surface area (Å²) in [5.41, 5.74) is 1.17. The van der Waals surface area contributed by atoms with Gasteiger partial charge in [0, 0.05) is 17.6 Å². The minimum absolute atomic E-state index is 0.276. The second-order valence-corrected chi connectivity index (χ2v) is 5.95. The molecule has 1 aromatic carbocycles. The number of hydrogen-bond donors (Lipinski definition) is 1.